The summed E-state index contributed by atoms with van der Waals surface area (Å²) in [5, 5.41) is 9.16. The highest BCUT2D eigenvalue weighted by Gasteiger charge is 2.14. The summed E-state index contributed by atoms with van der Waals surface area (Å²) in [6, 6.07) is 3.64. The summed E-state index contributed by atoms with van der Waals surface area (Å²) in [6.07, 6.45) is 4.83. The van der Waals surface area contributed by atoms with Crippen LogP contribution in [0.2, 0.25) is 0 Å². The van der Waals surface area contributed by atoms with Crippen molar-refractivity contribution in [2.75, 3.05) is 25.1 Å². The van der Waals surface area contributed by atoms with Crippen molar-refractivity contribution in [1.29, 1.82) is 0 Å². The van der Waals surface area contributed by atoms with Crippen molar-refractivity contribution in [3.8, 4) is 0 Å². The molecule has 3 rings (SSSR count). The zero-order valence-electron chi connectivity index (χ0n) is 14.5. The molecule has 25 heavy (non-hydrogen) atoms. The second-order valence-electron chi connectivity index (χ2n) is 6.16. The Balaban J connectivity index is 1.46. The molecule has 0 spiro atoms. The van der Waals surface area contributed by atoms with Gasteiger partial charge in [-0.3, -0.25) is 4.79 Å². The smallest absolute Gasteiger partial charge is 0.253 e. The summed E-state index contributed by atoms with van der Waals surface area (Å²) in [5.41, 5.74) is 1.62. The maximum atomic E-state index is 12.2. The number of aryl methyl sites for hydroxylation is 1. The Hall–Kier alpha value is -1.99. The molecule has 1 saturated heterocycles. The molecule has 0 aliphatic carbocycles. The summed E-state index contributed by atoms with van der Waals surface area (Å²) >= 11 is 1.57. The number of hydrogen-bond donors (Lipinski definition) is 2. The molecule has 0 bridgehead atoms. The van der Waals surface area contributed by atoms with Gasteiger partial charge < -0.3 is 15.4 Å². The van der Waals surface area contributed by atoms with Crippen LogP contribution in [0.3, 0.4) is 0 Å². The lowest BCUT2D eigenvalue weighted by molar-refractivity contribution is 0.0595. The largest absolute Gasteiger partial charge is 0.381 e. The van der Waals surface area contributed by atoms with E-state index in [9.17, 15) is 4.79 Å². The van der Waals surface area contributed by atoms with Gasteiger partial charge in [-0.1, -0.05) is 6.92 Å². The predicted molar refractivity (Wildman–Crippen MR) is 98.9 cm³/mol. The average Bonchev–Trinajstić information content (AvgIpc) is 3.14. The summed E-state index contributed by atoms with van der Waals surface area (Å²) in [7, 11) is 0. The molecule has 0 unspecified atom stereocenters. The van der Waals surface area contributed by atoms with E-state index < -0.39 is 0 Å². The first-order valence-corrected chi connectivity index (χ1v) is 9.61. The maximum absolute atomic E-state index is 12.2. The molecular weight excluding hydrogens is 336 g/mol. The number of amides is 1. The predicted octanol–water partition coefficient (Wildman–Crippen LogP) is 2.87. The Morgan fingerprint density at radius 1 is 1.44 bits per heavy atom. The lowest BCUT2D eigenvalue weighted by Gasteiger charge is -2.22. The fourth-order valence-corrected chi connectivity index (χ4v) is 3.52. The van der Waals surface area contributed by atoms with E-state index in [2.05, 4.69) is 27.5 Å². The molecule has 3 heterocycles. The molecule has 6 nitrogen and oxygen atoms in total. The summed E-state index contributed by atoms with van der Waals surface area (Å²) < 4.78 is 5.48. The fourth-order valence-electron chi connectivity index (χ4n) is 2.70. The Morgan fingerprint density at radius 3 is 3.04 bits per heavy atom. The lowest BCUT2D eigenvalue weighted by atomic mass is 10.0. The van der Waals surface area contributed by atoms with Gasteiger partial charge in [0.15, 0.2) is 0 Å². The zero-order chi connectivity index (χ0) is 17.5. The number of anilines is 1. The molecule has 1 aliphatic rings. The van der Waals surface area contributed by atoms with Crippen LogP contribution in [0.15, 0.2) is 23.7 Å². The third kappa shape index (κ3) is 5.24. The molecule has 0 radical (unpaired) electrons. The minimum Gasteiger partial charge on any atom is -0.381 e. The highest BCUT2D eigenvalue weighted by molar-refractivity contribution is 7.09. The first-order valence-electron chi connectivity index (χ1n) is 8.73. The van der Waals surface area contributed by atoms with Crippen LogP contribution in [0.4, 0.5) is 5.82 Å². The minimum absolute atomic E-state index is 0.132. The van der Waals surface area contributed by atoms with Crippen molar-refractivity contribution in [2.45, 2.75) is 32.7 Å². The van der Waals surface area contributed by atoms with E-state index in [0.717, 1.165) is 49.1 Å². The first-order chi connectivity index (χ1) is 12.2. The van der Waals surface area contributed by atoms with Crippen molar-refractivity contribution in [1.82, 2.24) is 15.3 Å². The number of ether oxygens (including phenoxy) is 1. The van der Waals surface area contributed by atoms with Crippen LogP contribution in [0.1, 0.15) is 40.8 Å². The highest BCUT2D eigenvalue weighted by atomic mass is 32.1. The third-order valence-corrected chi connectivity index (χ3v) is 5.11. The Morgan fingerprint density at radius 2 is 2.36 bits per heavy atom. The molecule has 1 atom stereocenters. The van der Waals surface area contributed by atoms with Crippen LogP contribution < -0.4 is 10.6 Å². The molecular formula is C18H24N4O2S. The van der Waals surface area contributed by atoms with Crippen LogP contribution in [0.5, 0.6) is 0 Å². The Kier molecular flexibility index (Phi) is 6.36. The molecule has 2 aromatic heterocycles. The SMILES string of the molecule is CCc1csc(CNC(=O)c2ccc(NC[C@H]3CCCOC3)nc2)n1. The van der Waals surface area contributed by atoms with Crippen molar-refractivity contribution < 1.29 is 9.53 Å². The number of nitrogens with zero attached hydrogens (tertiary/aromatic N) is 2. The number of pyridine rings is 1. The molecule has 2 aromatic rings. The topological polar surface area (TPSA) is 76.1 Å². The van der Waals surface area contributed by atoms with Crippen molar-refractivity contribution in [2.24, 2.45) is 5.92 Å². The number of hydrogen-bond acceptors (Lipinski definition) is 6. The maximum Gasteiger partial charge on any atom is 0.253 e. The van der Waals surface area contributed by atoms with E-state index >= 15 is 0 Å². The fraction of sp³-hybridized carbons (Fsp3) is 0.500. The Bertz CT molecular complexity index is 681. The molecule has 1 amide bonds. The minimum atomic E-state index is -0.132. The average molecular weight is 360 g/mol. The van der Waals surface area contributed by atoms with Gasteiger partial charge in [-0.05, 0) is 37.3 Å². The quantitative estimate of drug-likeness (QED) is 0.794. The number of nitrogens with one attached hydrogen (secondary N) is 2. The van der Waals surface area contributed by atoms with Crippen LogP contribution in [-0.4, -0.2) is 35.6 Å². The monoisotopic (exact) mass is 360 g/mol. The van der Waals surface area contributed by atoms with Gasteiger partial charge in [-0.2, -0.15) is 0 Å². The van der Waals surface area contributed by atoms with E-state index in [1.54, 1.807) is 23.6 Å². The summed E-state index contributed by atoms with van der Waals surface area (Å²) in [4.78, 5) is 21.0. The molecule has 2 N–H and O–H groups in total. The number of thiazole rings is 1. The normalized spacial score (nSPS) is 17.2. The number of carbonyl (C=O) groups is 1. The van der Waals surface area contributed by atoms with Gasteiger partial charge in [-0.25, -0.2) is 9.97 Å². The summed E-state index contributed by atoms with van der Waals surface area (Å²) in [5.74, 6) is 1.19. The van der Waals surface area contributed by atoms with Crippen molar-refractivity contribution in [3.63, 3.8) is 0 Å². The molecule has 1 fully saturated rings. The van der Waals surface area contributed by atoms with Gasteiger partial charge in [0.05, 0.1) is 24.4 Å². The van der Waals surface area contributed by atoms with Gasteiger partial charge in [0.1, 0.15) is 10.8 Å². The van der Waals surface area contributed by atoms with E-state index in [-0.39, 0.29) is 5.91 Å². The highest BCUT2D eigenvalue weighted by Crippen LogP contribution is 2.15. The van der Waals surface area contributed by atoms with Gasteiger partial charge >= 0.3 is 0 Å². The number of carbonyl (C=O) groups excluding carboxylic acids is 1. The van der Waals surface area contributed by atoms with Crippen LogP contribution in [0, 0.1) is 5.92 Å². The van der Waals surface area contributed by atoms with Gasteiger partial charge in [0, 0.05) is 24.7 Å². The number of aromatic nitrogens is 2. The third-order valence-electron chi connectivity index (χ3n) is 4.21. The molecule has 7 heteroatoms. The van der Waals surface area contributed by atoms with Gasteiger partial charge in [0.2, 0.25) is 0 Å². The van der Waals surface area contributed by atoms with E-state index in [0.29, 0.717) is 18.0 Å². The second-order valence-corrected chi connectivity index (χ2v) is 7.11. The van der Waals surface area contributed by atoms with E-state index in [1.165, 1.54) is 6.42 Å². The standard InChI is InChI=1S/C18H24N4O2S/c1-2-15-12-25-17(22-15)10-21-18(23)14-5-6-16(20-9-14)19-8-13-4-3-7-24-11-13/h5-6,9,12-13H,2-4,7-8,10-11H2,1H3,(H,19,20)(H,21,23)/t13-/m1/s1. The molecule has 1 aliphatic heterocycles. The van der Waals surface area contributed by atoms with Gasteiger partial charge in [0.25, 0.3) is 5.91 Å². The Labute approximate surface area is 152 Å². The molecule has 134 valence electrons. The number of rotatable bonds is 7. The van der Waals surface area contributed by atoms with E-state index in [1.807, 2.05) is 11.4 Å². The first kappa shape index (κ1) is 17.8. The lowest BCUT2D eigenvalue weighted by Crippen LogP contribution is -2.25. The van der Waals surface area contributed by atoms with Crippen LogP contribution in [-0.2, 0) is 17.7 Å². The molecule has 0 aromatic carbocycles. The molecule has 0 saturated carbocycles. The van der Waals surface area contributed by atoms with Crippen molar-refractivity contribution >= 4 is 23.1 Å². The van der Waals surface area contributed by atoms with E-state index in [4.69, 9.17) is 4.74 Å². The summed E-state index contributed by atoms with van der Waals surface area (Å²) in [6.45, 7) is 5.05. The van der Waals surface area contributed by atoms with Gasteiger partial charge in [-0.15, -0.1) is 11.3 Å². The zero-order valence-corrected chi connectivity index (χ0v) is 15.3. The van der Waals surface area contributed by atoms with Crippen LogP contribution >= 0.6 is 11.3 Å². The van der Waals surface area contributed by atoms with Crippen LogP contribution in [0.25, 0.3) is 0 Å². The van der Waals surface area contributed by atoms with Crippen molar-refractivity contribution in [3.05, 3.63) is 40.0 Å². The second kappa shape index (κ2) is 8.92.